The minimum absolute atomic E-state index is 0.0316. The van der Waals surface area contributed by atoms with Crippen molar-refractivity contribution in [2.45, 2.75) is 11.8 Å². The molecule has 0 aliphatic rings. The number of pyridine rings is 1. The zero-order valence-corrected chi connectivity index (χ0v) is 12.0. The third-order valence-corrected chi connectivity index (χ3v) is 4.27. The number of benzene rings is 1. The molecule has 0 aliphatic carbocycles. The standard InChI is InChI=1S/C13H10ClN3O2S/c1-9-3-2-4-12(14)13(9)17-20(18,19)11-6-5-10(7-15)16-8-11/h2-6,8,17H,1H3. The van der Waals surface area contributed by atoms with Gasteiger partial charge < -0.3 is 0 Å². The van der Waals surface area contributed by atoms with Gasteiger partial charge in [-0.2, -0.15) is 5.26 Å². The van der Waals surface area contributed by atoms with Crippen LogP contribution in [-0.4, -0.2) is 13.4 Å². The van der Waals surface area contributed by atoms with E-state index >= 15 is 0 Å². The Balaban J connectivity index is 2.38. The first-order chi connectivity index (χ1) is 9.44. The molecule has 1 N–H and O–H groups in total. The quantitative estimate of drug-likeness (QED) is 0.945. The van der Waals surface area contributed by atoms with Gasteiger partial charge in [0.2, 0.25) is 0 Å². The number of nitrogens with one attached hydrogen (secondary N) is 1. The molecule has 1 aromatic carbocycles. The summed E-state index contributed by atoms with van der Waals surface area (Å²) in [7, 11) is -3.79. The van der Waals surface area contributed by atoms with Crippen molar-refractivity contribution in [3.63, 3.8) is 0 Å². The lowest BCUT2D eigenvalue weighted by atomic mass is 10.2. The van der Waals surface area contributed by atoms with Gasteiger partial charge in [-0.3, -0.25) is 4.72 Å². The number of halogens is 1. The molecule has 0 saturated heterocycles. The Morgan fingerprint density at radius 1 is 1.30 bits per heavy atom. The molecular formula is C13H10ClN3O2S. The summed E-state index contributed by atoms with van der Waals surface area (Å²) < 4.78 is 26.9. The van der Waals surface area contributed by atoms with Crippen molar-refractivity contribution in [1.29, 1.82) is 5.26 Å². The van der Waals surface area contributed by atoms with E-state index in [9.17, 15) is 8.42 Å². The predicted molar refractivity (Wildman–Crippen MR) is 75.9 cm³/mol. The lowest BCUT2D eigenvalue weighted by molar-refractivity contribution is 0.600. The number of aryl methyl sites for hydroxylation is 1. The molecule has 0 aliphatic heterocycles. The lowest BCUT2D eigenvalue weighted by Gasteiger charge is -2.11. The number of aromatic nitrogens is 1. The normalized spacial score (nSPS) is 10.8. The number of anilines is 1. The van der Waals surface area contributed by atoms with Crippen LogP contribution in [0.1, 0.15) is 11.3 Å². The summed E-state index contributed by atoms with van der Waals surface area (Å²) in [5.74, 6) is 0. The second kappa shape index (κ2) is 5.49. The second-order valence-corrected chi connectivity index (χ2v) is 6.12. The number of hydrogen-bond acceptors (Lipinski definition) is 4. The summed E-state index contributed by atoms with van der Waals surface area (Å²) in [5, 5.41) is 8.96. The fourth-order valence-corrected chi connectivity index (χ4v) is 2.98. The van der Waals surface area contributed by atoms with Crippen LogP contribution in [0.4, 0.5) is 5.69 Å². The lowest BCUT2D eigenvalue weighted by Crippen LogP contribution is -2.14. The molecular weight excluding hydrogens is 298 g/mol. The summed E-state index contributed by atoms with van der Waals surface area (Å²) in [6.45, 7) is 1.75. The molecule has 7 heteroatoms. The topological polar surface area (TPSA) is 82.9 Å². The van der Waals surface area contributed by atoms with Crippen molar-refractivity contribution in [2.75, 3.05) is 4.72 Å². The van der Waals surface area contributed by atoms with E-state index in [0.29, 0.717) is 16.3 Å². The molecule has 0 bridgehead atoms. The van der Waals surface area contributed by atoms with Crippen molar-refractivity contribution in [2.24, 2.45) is 0 Å². The fourth-order valence-electron chi connectivity index (χ4n) is 1.56. The zero-order chi connectivity index (χ0) is 14.8. The maximum absolute atomic E-state index is 12.2. The Morgan fingerprint density at radius 2 is 2.05 bits per heavy atom. The number of rotatable bonds is 3. The number of nitriles is 1. The van der Waals surface area contributed by atoms with Gasteiger partial charge in [-0.1, -0.05) is 23.7 Å². The molecule has 0 saturated carbocycles. The Hall–Kier alpha value is -2.10. The third kappa shape index (κ3) is 2.90. The van der Waals surface area contributed by atoms with Crippen LogP contribution in [0, 0.1) is 18.3 Å². The van der Waals surface area contributed by atoms with Crippen LogP contribution in [0.2, 0.25) is 5.02 Å². The molecule has 0 unspecified atom stereocenters. The van der Waals surface area contributed by atoms with Crippen LogP contribution < -0.4 is 4.72 Å². The third-order valence-electron chi connectivity index (χ3n) is 2.62. The molecule has 102 valence electrons. The van der Waals surface area contributed by atoms with E-state index in [4.69, 9.17) is 16.9 Å². The van der Waals surface area contributed by atoms with Crippen molar-refractivity contribution < 1.29 is 8.42 Å². The minimum atomic E-state index is -3.79. The monoisotopic (exact) mass is 307 g/mol. The highest BCUT2D eigenvalue weighted by atomic mass is 35.5. The summed E-state index contributed by atoms with van der Waals surface area (Å²) in [6.07, 6.45) is 1.13. The summed E-state index contributed by atoms with van der Waals surface area (Å²) in [4.78, 5) is 3.71. The van der Waals surface area contributed by atoms with E-state index in [2.05, 4.69) is 9.71 Å². The van der Waals surface area contributed by atoms with Gasteiger partial charge >= 0.3 is 0 Å². The van der Waals surface area contributed by atoms with Crippen LogP contribution in [0.15, 0.2) is 41.4 Å². The first kappa shape index (κ1) is 14.3. The van der Waals surface area contributed by atoms with Crippen molar-refractivity contribution in [3.8, 4) is 6.07 Å². The highest BCUT2D eigenvalue weighted by Crippen LogP contribution is 2.27. The second-order valence-electron chi connectivity index (χ2n) is 4.03. The van der Waals surface area contributed by atoms with E-state index in [-0.39, 0.29) is 10.6 Å². The van der Waals surface area contributed by atoms with Crippen molar-refractivity contribution in [3.05, 3.63) is 52.8 Å². The summed E-state index contributed by atoms with van der Waals surface area (Å²) >= 11 is 5.99. The van der Waals surface area contributed by atoms with Crippen LogP contribution in [-0.2, 0) is 10.0 Å². The number of sulfonamides is 1. The van der Waals surface area contributed by atoms with Crippen LogP contribution in [0.5, 0.6) is 0 Å². The van der Waals surface area contributed by atoms with Crippen LogP contribution >= 0.6 is 11.6 Å². The van der Waals surface area contributed by atoms with E-state index in [1.165, 1.54) is 12.1 Å². The average molecular weight is 308 g/mol. The van der Waals surface area contributed by atoms with Gasteiger partial charge in [-0.25, -0.2) is 13.4 Å². The van der Waals surface area contributed by atoms with Gasteiger partial charge in [0.1, 0.15) is 16.7 Å². The number of para-hydroxylation sites is 1. The summed E-state index contributed by atoms with van der Waals surface area (Å²) in [6, 6.07) is 9.57. The molecule has 20 heavy (non-hydrogen) atoms. The van der Waals surface area contributed by atoms with Crippen LogP contribution in [0.25, 0.3) is 0 Å². The molecule has 5 nitrogen and oxygen atoms in total. The SMILES string of the molecule is Cc1cccc(Cl)c1NS(=O)(=O)c1ccc(C#N)nc1. The summed E-state index contributed by atoms with van der Waals surface area (Å²) in [5.41, 5.74) is 1.19. The van der Waals surface area contributed by atoms with E-state index < -0.39 is 10.0 Å². The maximum Gasteiger partial charge on any atom is 0.263 e. The Labute approximate surface area is 121 Å². The Bertz CT molecular complexity index is 760. The number of nitrogens with zero attached hydrogens (tertiary/aromatic N) is 2. The molecule has 2 aromatic rings. The minimum Gasteiger partial charge on any atom is -0.278 e. The molecule has 1 aromatic heterocycles. The van der Waals surface area contributed by atoms with Gasteiger partial charge in [0.25, 0.3) is 10.0 Å². The Morgan fingerprint density at radius 3 is 2.60 bits per heavy atom. The highest BCUT2D eigenvalue weighted by Gasteiger charge is 2.17. The van der Waals surface area contributed by atoms with Crippen LogP contribution in [0.3, 0.4) is 0 Å². The Kier molecular flexibility index (Phi) is 3.93. The average Bonchev–Trinajstić information content (AvgIpc) is 2.43. The molecule has 2 rings (SSSR count). The predicted octanol–water partition coefficient (Wildman–Crippen LogP) is 2.72. The van der Waals surface area contributed by atoms with E-state index in [1.54, 1.807) is 25.1 Å². The van der Waals surface area contributed by atoms with E-state index in [1.807, 2.05) is 6.07 Å². The number of hydrogen-bond donors (Lipinski definition) is 1. The fraction of sp³-hybridized carbons (Fsp3) is 0.0769. The smallest absolute Gasteiger partial charge is 0.263 e. The highest BCUT2D eigenvalue weighted by molar-refractivity contribution is 7.92. The van der Waals surface area contributed by atoms with Gasteiger partial charge in [-0.15, -0.1) is 0 Å². The van der Waals surface area contributed by atoms with Crippen molar-refractivity contribution >= 4 is 27.3 Å². The van der Waals surface area contributed by atoms with Gasteiger partial charge in [-0.05, 0) is 30.7 Å². The van der Waals surface area contributed by atoms with Crippen molar-refractivity contribution in [1.82, 2.24) is 4.98 Å². The van der Waals surface area contributed by atoms with E-state index in [0.717, 1.165) is 6.20 Å². The van der Waals surface area contributed by atoms with Gasteiger partial charge in [0, 0.05) is 6.20 Å². The molecule has 0 amide bonds. The first-order valence-corrected chi connectivity index (χ1v) is 7.44. The van der Waals surface area contributed by atoms with Gasteiger partial charge in [0.15, 0.2) is 0 Å². The molecule has 0 fully saturated rings. The first-order valence-electron chi connectivity index (χ1n) is 5.58. The molecule has 1 heterocycles. The van der Waals surface area contributed by atoms with Gasteiger partial charge in [0.05, 0.1) is 10.7 Å². The molecule has 0 atom stereocenters. The zero-order valence-electron chi connectivity index (χ0n) is 10.5. The largest absolute Gasteiger partial charge is 0.278 e. The molecule has 0 radical (unpaired) electrons. The maximum atomic E-state index is 12.2. The molecule has 0 spiro atoms.